The normalized spacial score (nSPS) is 14.2. The van der Waals surface area contributed by atoms with Crippen molar-refractivity contribution in [2.75, 3.05) is 0 Å². The van der Waals surface area contributed by atoms with Crippen molar-refractivity contribution in [2.45, 2.75) is 32.8 Å². The largest absolute Gasteiger partial charge is 0.482 e. The molecule has 0 aliphatic carbocycles. The Bertz CT molecular complexity index is 1100. The summed E-state index contributed by atoms with van der Waals surface area (Å²) in [5.74, 6) is -0.749. The first kappa shape index (κ1) is 18.9. The average molecular weight is 492 g/mol. The second-order valence-corrected chi connectivity index (χ2v) is 8.30. The van der Waals surface area contributed by atoms with Crippen LogP contribution < -0.4 is 4.74 Å². The van der Waals surface area contributed by atoms with Crippen molar-refractivity contribution < 1.29 is 19.0 Å². The van der Waals surface area contributed by atoms with Gasteiger partial charge in [-0.1, -0.05) is 6.92 Å². The van der Waals surface area contributed by atoms with Gasteiger partial charge in [0.25, 0.3) is 0 Å². The molecular formula is C21H18FIN2O3. The van der Waals surface area contributed by atoms with Crippen molar-refractivity contribution in [2.24, 2.45) is 0 Å². The van der Waals surface area contributed by atoms with Gasteiger partial charge in [-0.15, -0.1) is 0 Å². The van der Waals surface area contributed by atoms with E-state index in [0.717, 1.165) is 26.9 Å². The van der Waals surface area contributed by atoms with Crippen molar-refractivity contribution in [1.82, 2.24) is 9.78 Å². The molecule has 0 spiro atoms. The molecule has 0 radical (unpaired) electrons. The SMILES string of the molecule is CCc1c(I)ccc2c1OC(C)(C)c1c(C(=O)O)nn(-c3ccc(F)cc3)c1-2. The summed E-state index contributed by atoms with van der Waals surface area (Å²) in [6.45, 7) is 5.75. The molecule has 7 heteroatoms. The van der Waals surface area contributed by atoms with E-state index in [9.17, 15) is 14.3 Å². The Hall–Kier alpha value is -2.42. The van der Waals surface area contributed by atoms with Gasteiger partial charge in [-0.25, -0.2) is 13.9 Å². The fraction of sp³-hybridized carbons (Fsp3) is 0.238. The van der Waals surface area contributed by atoms with Crippen LogP contribution in [0.3, 0.4) is 0 Å². The number of halogens is 2. The number of ether oxygens (including phenoxy) is 1. The predicted octanol–water partition coefficient (Wildman–Crippen LogP) is 5.17. The van der Waals surface area contributed by atoms with E-state index in [4.69, 9.17) is 4.74 Å². The summed E-state index contributed by atoms with van der Waals surface area (Å²) in [7, 11) is 0. The Morgan fingerprint density at radius 3 is 2.54 bits per heavy atom. The number of carbonyl (C=O) groups is 1. The van der Waals surface area contributed by atoms with E-state index in [0.29, 0.717) is 16.9 Å². The van der Waals surface area contributed by atoms with E-state index in [1.54, 1.807) is 16.8 Å². The van der Waals surface area contributed by atoms with Crippen LogP contribution in [0.25, 0.3) is 16.9 Å². The van der Waals surface area contributed by atoms with Crippen LogP contribution in [0.5, 0.6) is 5.75 Å². The number of aromatic carboxylic acids is 1. The van der Waals surface area contributed by atoms with Crippen LogP contribution >= 0.6 is 22.6 Å². The Kier molecular flexibility index (Phi) is 4.45. The monoisotopic (exact) mass is 492 g/mol. The number of fused-ring (bicyclic) bond motifs is 3. The first-order valence-corrected chi connectivity index (χ1v) is 9.96. The molecule has 28 heavy (non-hydrogen) atoms. The van der Waals surface area contributed by atoms with Crippen molar-refractivity contribution in [3.05, 3.63) is 62.6 Å². The third kappa shape index (κ3) is 2.80. The Morgan fingerprint density at radius 2 is 1.93 bits per heavy atom. The highest BCUT2D eigenvalue weighted by atomic mass is 127. The van der Waals surface area contributed by atoms with Crippen LogP contribution in [0, 0.1) is 9.39 Å². The van der Waals surface area contributed by atoms with Crippen LogP contribution in [-0.4, -0.2) is 20.9 Å². The summed E-state index contributed by atoms with van der Waals surface area (Å²) in [4.78, 5) is 12.0. The quantitative estimate of drug-likeness (QED) is 0.513. The van der Waals surface area contributed by atoms with E-state index < -0.39 is 11.6 Å². The van der Waals surface area contributed by atoms with Crippen LogP contribution in [0.4, 0.5) is 4.39 Å². The van der Waals surface area contributed by atoms with Crippen molar-refractivity contribution in [3.63, 3.8) is 0 Å². The molecule has 0 saturated heterocycles. The number of aromatic nitrogens is 2. The summed E-state index contributed by atoms with van der Waals surface area (Å²) >= 11 is 2.28. The number of carboxylic acid groups (broad SMARTS) is 1. The summed E-state index contributed by atoms with van der Waals surface area (Å²) in [5.41, 5.74) is 2.68. The molecule has 2 aromatic carbocycles. The summed E-state index contributed by atoms with van der Waals surface area (Å²) in [5, 5.41) is 14.2. The zero-order chi connectivity index (χ0) is 20.2. The fourth-order valence-electron chi connectivity index (χ4n) is 3.70. The lowest BCUT2D eigenvalue weighted by molar-refractivity contribution is 0.0664. The van der Waals surface area contributed by atoms with E-state index in [1.807, 2.05) is 26.0 Å². The summed E-state index contributed by atoms with van der Waals surface area (Å²) in [6.07, 6.45) is 0.781. The van der Waals surface area contributed by atoms with Crippen LogP contribution in [0.15, 0.2) is 36.4 Å². The van der Waals surface area contributed by atoms with Crippen LogP contribution in [-0.2, 0) is 12.0 Å². The minimum absolute atomic E-state index is 0.0634. The minimum atomic E-state index is -1.13. The summed E-state index contributed by atoms with van der Waals surface area (Å²) in [6, 6.07) is 9.76. The third-order valence-electron chi connectivity index (χ3n) is 4.93. The van der Waals surface area contributed by atoms with Crippen molar-refractivity contribution in [3.8, 4) is 22.7 Å². The molecule has 0 saturated carbocycles. The van der Waals surface area contributed by atoms with Gasteiger partial charge in [-0.2, -0.15) is 5.10 Å². The van der Waals surface area contributed by atoms with Gasteiger partial charge in [0.1, 0.15) is 17.2 Å². The molecule has 0 fully saturated rings. The lowest BCUT2D eigenvalue weighted by Gasteiger charge is -2.34. The Balaban J connectivity index is 2.11. The van der Waals surface area contributed by atoms with Crippen molar-refractivity contribution in [1.29, 1.82) is 0 Å². The maximum Gasteiger partial charge on any atom is 0.356 e. The average Bonchev–Trinajstić information content (AvgIpc) is 3.04. The molecule has 3 aromatic rings. The Morgan fingerprint density at radius 1 is 1.25 bits per heavy atom. The van der Waals surface area contributed by atoms with Gasteiger partial charge in [0, 0.05) is 14.7 Å². The highest BCUT2D eigenvalue weighted by Gasteiger charge is 2.42. The number of hydrogen-bond acceptors (Lipinski definition) is 3. The number of benzene rings is 2. The van der Waals surface area contributed by atoms with E-state index in [2.05, 4.69) is 34.6 Å². The topological polar surface area (TPSA) is 64.3 Å². The second-order valence-electron chi connectivity index (χ2n) is 7.13. The van der Waals surface area contributed by atoms with Gasteiger partial charge < -0.3 is 9.84 Å². The highest BCUT2D eigenvalue weighted by molar-refractivity contribution is 14.1. The highest BCUT2D eigenvalue weighted by Crippen LogP contribution is 2.49. The first-order chi connectivity index (χ1) is 13.2. The Labute approximate surface area is 175 Å². The molecule has 1 aliphatic heterocycles. The standard InChI is InChI=1S/C21H18FIN2O3/c1-4-13-15(23)10-9-14-18-16(21(2,3)28-19(13)14)17(20(26)27)24-25(18)12-7-5-11(22)6-8-12/h5-10H,4H2,1-3H3,(H,26,27). The minimum Gasteiger partial charge on any atom is -0.482 e. The van der Waals surface area contributed by atoms with Crippen LogP contribution in [0.1, 0.15) is 42.4 Å². The molecule has 144 valence electrons. The number of rotatable bonds is 3. The van der Waals surface area contributed by atoms with E-state index in [1.165, 1.54) is 12.1 Å². The molecule has 1 aliphatic rings. The lowest BCUT2D eigenvalue weighted by Crippen LogP contribution is -2.31. The first-order valence-electron chi connectivity index (χ1n) is 8.88. The molecule has 0 atom stereocenters. The summed E-state index contributed by atoms with van der Waals surface area (Å²) < 4.78 is 22.4. The van der Waals surface area contributed by atoms with Gasteiger partial charge in [-0.3, -0.25) is 0 Å². The molecular weight excluding hydrogens is 474 g/mol. The van der Waals surface area contributed by atoms with E-state index >= 15 is 0 Å². The third-order valence-corrected chi connectivity index (χ3v) is 5.94. The number of hydrogen-bond donors (Lipinski definition) is 1. The molecule has 1 aromatic heterocycles. The van der Waals surface area contributed by atoms with Gasteiger partial charge in [0.15, 0.2) is 5.69 Å². The lowest BCUT2D eigenvalue weighted by atomic mass is 9.87. The molecule has 0 unspecified atom stereocenters. The van der Waals surface area contributed by atoms with Gasteiger partial charge in [-0.05, 0) is 79.3 Å². The van der Waals surface area contributed by atoms with Gasteiger partial charge >= 0.3 is 5.97 Å². The molecule has 1 N–H and O–H groups in total. The molecule has 4 rings (SSSR count). The second kappa shape index (κ2) is 6.58. The molecule has 5 nitrogen and oxygen atoms in total. The predicted molar refractivity (Wildman–Crippen MR) is 112 cm³/mol. The zero-order valence-corrected chi connectivity index (χ0v) is 17.7. The van der Waals surface area contributed by atoms with Crippen LogP contribution in [0.2, 0.25) is 0 Å². The van der Waals surface area contributed by atoms with Crippen molar-refractivity contribution >= 4 is 28.6 Å². The maximum absolute atomic E-state index is 13.4. The molecule has 0 amide bonds. The van der Waals surface area contributed by atoms with Gasteiger partial charge in [0.2, 0.25) is 0 Å². The number of nitrogens with zero attached hydrogens (tertiary/aromatic N) is 2. The zero-order valence-electron chi connectivity index (χ0n) is 15.6. The molecule has 0 bridgehead atoms. The van der Waals surface area contributed by atoms with E-state index in [-0.39, 0.29) is 11.5 Å². The smallest absolute Gasteiger partial charge is 0.356 e. The van der Waals surface area contributed by atoms with Gasteiger partial charge in [0.05, 0.1) is 16.9 Å². The number of carboxylic acids is 1. The maximum atomic E-state index is 13.4. The molecule has 2 heterocycles. The fourth-order valence-corrected chi connectivity index (χ4v) is 4.50.